The molecular weight excluding hydrogens is 128 g/mol. The molecule has 10 heavy (non-hydrogen) atoms. The highest BCUT2D eigenvalue weighted by Gasteiger charge is 1.98. The summed E-state index contributed by atoms with van der Waals surface area (Å²) >= 11 is 0. The van der Waals surface area contributed by atoms with Crippen molar-refractivity contribution in [1.29, 1.82) is 0 Å². The predicted molar refractivity (Wildman–Crippen MR) is 41.9 cm³/mol. The second-order valence-corrected chi connectivity index (χ2v) is 2.47. The Balaban J connectivity index is 4.20. The highest BCUT2D eigenvalue weighted by molar-refractivity contribution is 5.16. The van der Waals surface area contributed by atoms with Crippen molar-refractivity contribution in [1.82, 2.24) is 0 Å². The van der Waals surface area contributed by atoms with Crippen molar-refractivity contribution in [3.63, 3.8) is 0 Å². The summed E-state index contributed by atoms with van der Waals surface area (Å²) in [5.41, 5.74) is 0. The van der Waals surface area contributed by atoms with Gasteiger partial charge >= 0.3 is 0 Å². The first kappa shape index (κ1) is 9.08. The highest BCUT2D eigenvalue weighted by Crippen LogP contribution is 2.05. The summed E-state index contributed by atoms with van der Waals surface area (Å²) in [6.45, 7) is 5.53. The van der Waals surface area contributed by atoms with Crippen molar-refractivity contribution < 1.29 is 10.2 Å². The van der Waals surface area contributed by atoms with Gasteiger partial charge in [0.25, 0.3) is 0 Å². The minimum absolute atomic E-state index is 0.0440. The molecule has 0 saturated carbocycles. The fourth-order valence-electron chi connectivity index (χ4n) is 0.549. The van der Waals surface area contributed by atoms with E-state index in [4.69, 9.17) is 10.2 Å². The van der Waals surface area contributed by atoms with Gasteiger partial charge in [0, 0.05) is 0 Å². The fourth-order valence-corrected chi connectivity index (χ4v) is 0.549. The van der Waals surface area contributed by atoms with Crippen molar-refractivity contribution in [2.75, 3.05) is 0 Å². The van der Waals surface area contributed by atoms with Crippen LogP contribution in [-0.4, -0.2) is 10.2 Å². The number of hydrogen-bond acceptors (Lipinski definition) is 2. The Hall–Kier alpha value is -0.920. The molecule has 0 unspecified atom stereocenters. The third-order valence-corrected chi connectivity index (χ3v) is 1.03. The molecule has 0 heterocycles. The van der Waals surface area contributed by atoms with Gasteiger partial charge in [-0.3, -0.25) is 0 Å². The fraction of sp³-hybridized carbons (Fsp3) is 0.500. The molecule has 0 aromatic heterocycles. The molecule has 0 bridgehead atoms. The van der Waals surface area contributed by atoms with E-state index in [0.717, 1.165) is 0 Å². The number of aliphatic hydroxyl groups is 2. The molecule has 2 N–H and O–H groups in total. The van der Waals surface area contributed by atoms with Gasteiger partial charge in [-0.15, -0.1) is 0 Å². The Kier molecular flexibility index (Phi) is 3.62. The van der Waals surface area contributed by atoms with E-state index in [1.54, 1.807) is 13.0 Å². The van der Waals surface area contributed by atoms with Crippen LogP contribution in [0.4, 0.5) is 0 Å². The van der Waals surface area contributed by atoms with Gasteiger partial charge in [0.15, 0.2) is 11.5 Å². The molecule has 0 fully saturated rings. The molecule has 0 aliphatic rings. The highest BCUT2D eigenvalue weighted by atomic mass is 16.3. The molecule has 2 nitrogen and oxygen atoms in total. The maximum atomic E-state index is 9.03. The van der Waals surface area contributed by atoms with Crippen LogP contribution >= 0.6 is 0 Å². The largest absolute Gasteiger partial charge is 0.504 e. The average molecular weight is 142 g/mol. The second kappa shape index (κ2) is 3.99. The molecule has 0 aromatic carbocycles. The van der Waals surface area contributed by atoms with Gasteiger partial charge in [-0.1, -0.05) is 13.8 Å². The number of aliphatic hydroxyl groups excluding tert-OH is 2. The van der Waals surface area contributed by atoms with Gasteiger partial charge in [-0.2, -0.15) is 0 Å². The Morgan fingerprint density at radius 2 is 1.70 bits per heavy atom. The molecule has 0 amide bonds. The first-order chi connectivity index (χ1) is 4.57. The Morgan fingerprint density at radius 3 is 2.00 bits per heavy atom. The van der Waals surface area contributed by atoms with Gasteiger partial charge in [0.05, 0.1) is 0 Å². The monoisotopic (exact) mass is 142 g/mol. The van der Waals surface area contributed by atoms with Gasteiger partial charge in [0.1, 0.15) is 0 Å². The molecular formula is C8H14O2. The standard InChI is InChI=1S/C8H14O2/c1-4-7(9)8(10)5-6(2)3/h4-6,9-10H,1-3H3/b7-4+,8-5+. The molecule has 0 atom stereocenters. The maximum absolute atomic E-state index is 9.03. The molecule has 58 valence electrons. The van der Waals surface area contributed by atoms with Gasteiger partial charge in [-0.05, 0) is 25.0 Å². The molecule has 0 aliphatic heterocycles. The Bertz CT molecular complexity index is 155. The topological polar surface area (TPSA) is 40.5 Å². The zero-order valence-electron chi connectivity index (χ0n) is 6.63. The van der Waals surface area contributed by atoms with Gasteiger partial charge < -0.3 is 10.2 Å². The van der Waals surface area contributed by atoms with Crippen molar-refractivity contribution in [3.8, 4) is 0 Å². The van der Waals surface area contributed by atoms with Gasteiger partial charge in [-0.25, -0.2) is 0 Å². The van der Waals surface area contributed by atoms with E-state index < -0.39 is 0 Å². The van der Waals surface area contributed by atoms with Crippen LogP contribution in [0.15, 0.2) is 23.7 Å². The van der Waals surface area contributed by atoms with E-state index in [-0.39, 0.29) is 17.4 Å². The van der Waals surface area contributed by atoms with Crippen LogP contribution in [0.25, 0.3) is 0 Å². The summed E-state index contributed by atoms with van der Waals surface area (Å²) < 4.78 is 0. The third kappa shape index (κ3) is 3.17. The number of hydrogen-bond donors (Lipinski definition) is 2. The van der Waals surface area contributed by atoms with E-state index in [9.17, 15) is 0 Å². The zero-order chi connectivity index (χ0) is 8.15. The molecule has 0 aliphatic carbocycles. The van der Waals surface area contributed by atoms with Gasteiger partial charge in [0.2, 0.25) is 0 Å². The normalized spacial score (nSPS) is 14.4. The first-order valence-electron chi connectivity index (χ1n) is 3.34. The molecule has 0 spiro atoms. The minimum atomic E-state index is -0.0614. The van der Waals surface area contributed by atoms with Crippen LogP contribution in [0.5, 0.6) is 0 Å². The molecule has 0 aromatic rings. The quantitative estimate of drug-likeness (QED) is 0.459. The van der Waals surface area contributed by atoms with Crippen LogP contribution < -0.4 is 0 Å². The summed E-state index contributed by atoms with van der Waals surface area (Å²) in [4.78, 5) is 0. The lowest BCUT2D eigenvalue weighted by atomic mass is 10.2. The van der Waals surface area contributed by atoms with E-state index in [0.29, 0.717) is 0 Å². The second-order valence-electron chi connectivity index (χ2n) is 2.47. The first-order valence-corrected chi connectivity index (χ1v) is 3.34. The summed E-state index contributed by atoms with van der Waals surface area (Å²) in [5.74, 6) is 0.147. The van der Waals surface area contributed by atoms with Crippen LogP contribution in [0, 0.1) is 5.92 Å². The third-order valence-electron chi connectivity index (χ3n) is 1.03. The lowest BCUT2D eigenvalue weighted by Crippen LogP contribution is -1.89. The lowest BCUT2D eigenvalue weighted by molar-refractivity contribution is 0.322. The SMILES string of the molecule is C/C=C(O)\C(O)=C/C(C)C. The lowest BCUT2D eigenvalue weighted by Gasteiger charge is -1.99. The van der Waals surface area contributed by atoms with Crippen molar-refractivity contribution >= 4 is 0 Å². The van der Waals surface area contributed by atoms with Crippen molar-refractivity contribution in [2.24, 2.45) is 5.92 Å². The summed E-state index contributed by atoms with van der Waals surface area (Å²) in [5, 5.41) is 17.9. The van der Waals surface area contributed by atoms with Crippen LogP contribution in [-0.2, 0) is 0 Å². The average Bonchev–Trinajstić information content (AvgIpc) is 1.85. The summed E-state index contributed by atoms with van der Waals surface area (Å²) in [7, 11) is 0. The predicted octanol–water partition coefficient (Wildman–Crippen LogP) is 2.55. The van der Waals surface area contributed by atoms with Crippen molar-refractivity contribution in [3.05, 3.63) is 23.7 Å². The molecule has 0 saturated heterocycles. The smallest absolute Gasteiger partial charge is 0.153 e. The Labute approximate surface area is 61.5 Å². The molecule has 0 rings (SSSR count). The van der Waals surface area contributed by atoms with Crippen LogP contribution in [0.2, 0.25) is 0 Å². The van der Waals surface area contributed by atoms with E-state index in [1.807, 2.05) is 13.8 Å². The molecule has 2 heteroatoms. The molecule has 0 radical (unpaired) electrons. The van der Waals surface area contributed by atoms with Crippen LogP contribution in [0.1, 0.15) is 20.8 Å². The van der Waals surface area contributed by atoms with E-state index in [1.165, 1.54) is 6.08 Å². The zero-order valence-corrected chi connectivity index (χ0v) is 6.63. The van der Waals surface area contributed by atoms with E-state index >= 15 is 0 Å². The minimum Gasteiger partial charge on any atom is -0.504 e. The summed E-state index contributed by atoms with van der Waals surface area (Å²) in [6.07, 6.45) is 3.05. The van der Waals surface area contributed by atoms with Crippen LogP contribution in [0.3, 0.4) is 0 Å². The number of rotatable bonds is 2. The maximum Gasteiger partial charge on any atom is 0.153 e. The van der Waals surface area contributed by atoms with E-state index in [2.05, 4.69) is 0 Å². The summed E-state index contributed by atoms with van der Waals surface area (Å²) in [6, 6.07) is 0. The Morgan fingerprint density at radius 1 is 1.20 bits per heavy atom. The number of allylic oxidation sites excluding steroid dienone is 2. The van der Waals surface area contributed by atoms with Crippen molar-refractivity contribution in [2.45, 2.75) is 20.8 Å².